The second kappa shape index (κ2) is 3.28. The Bertz CT molecular complexity index is 363. The molecule has 0 bridgehead atoms. The Morgan fingerprint density at radius 1 is 1.36 bits per heavy atom. The Kier molecular flexibility index (Phi) is 2.23. The maximum absolute atomic E-state index is 13.1. The van der Waals surface area contributed by atoms with Gasteiger partial charge in [0, 0.05) is 6.04 Å². The maximum Gasteiger partial charge on any atom is 0.266 e. The van der Waals surface area contributed by atoms with Gasteiger partial charge in [0.25, 0.3) is 6.43 Å². The molecule has 0 radical (unpaired) electrons. The molecule has 1 aromatic carbocycles. The van der Waals surface area contributed by atoms with E-state index in [4.69, 9.17) is 5.73 Å². The molecule has 0 spiro atoms. The molecule has 1 aliphatic rings. The molecule has 0 saturated heterocycles. The smallest absolute Gasteiger partial charge is 0.266 e. The Morgan fingerprint density at radius 3 is 2.71 bits per heavy atom. The summed E-state index contributed by atoms with van der Waals surface area (Å²) in [6.07, 6.45) is -1.38. The molecule has 76 valence electrons. The lowest BCUT2D eigenvalue weighted by Gasteiger charge is -2.08. The normalized spacial score (nSPS) is 20.2. The lowest BCUT2D eigenvalue weighted by atomic mass is 10.0. The summed E-state index contributed by atoms with van der Waals surface area (Å²) in [6.45, 7) is 0. The number of rotatable bonds is 1. The summed E-state index contributed by atoms with van der Waals surface area (Å²) in [6, 6.07) is 2.18. The lowest BCUT2D eigenvalue weighted by molar-refractivity contribution is 0.146. The minimum atomic E-state index is -2.75. The molecule has 1 aliphatic carbocycles. The number of halogens is 3. The molecule has 1 atom stereocenters. The van der Waals surface area contributed by atoms with Crippen LogP contribution in [0.3, 0.4) is 0 Å². The summed E-state index contributed by atoms with van der Waals surface area (Å²) in [5, 5.41) is 0. The van der Waals surface area contributed by atoms with Gasteiger partial charge in [-0.05, 0) is 36.1 Å². The highest BCUT2D eigenvalue weighted by atomic mass is 19.3. The van der Waals surface area contributed by atoms with Crippen LogP contribution in [0.4, 0.5) is 13.2 Å². The summed E-state index contributed by atoms with van der Waals surface area (Å²) in [7, 11) is 0. The Hall–Kier alpha value is -1.03. The van der Waals surface area contributed by atoms with E-state index in [2.05, 4.69) is 0 Å². The number of hydrogen-bond donors (Lipinski definition) is 1. The SMILES string of the molecule is N[C@@H]1CCc2cc(C(F)F)c(F)cc21. The maximum atomic E-state index is 13.1. The average molecular weight is 201 g/mol. The molecule has 0 fully saturated rings. The second-order valence-corrected chi connectivity index (χ2v) is 3.52. The topological polar surface area (TPSA) is 26.0 Å². The third-order valence-corrected chi connectivity index (χ3v) is 2.62. The zero-order valence-electron chi connectivity index (χ0n) is 7.43. The van der Waals surface area contributed by atoms with Crippen molar-refractivity contribution in [3.63, 3.8) is 0 Å². The monoisotopic (exact) mass is 201 g/mol. The minimum absolute atomic E-state index is 0.203. The van der Waals surface area contributed by atoms with E-state index < -0.39 is 17.8 Å². The molecule has 0 saturated carbocycles. The number of aryl methyl sites for hydroxylation is 1. The van der Waals surface area contributed by atoms with Crippen LogP contribution in [0.15, 0.2) is 12.1 Å². The first-order valence-electron chi connectivity index (χ1n) is 4.45. The Labute approximate surface area is 79.7 Å². The summed E-state index contributed by atoms with van der Waals surface area (Å²) in [5.41, 5.74) is 6.60. The average Bonchev–Trinajstić information content (AvgIpc) is 2.46. The Balaban J connectivity index is 2.50. The van der Waals surface area contributed by atoms with Crippen molar-refractivity contribution in [2.75, 3.05) is 0 Å². The van der Waals surface area contributed by atoms with Crippen molar-refractivity contribution in [2.45, 2.75) is 25.3 Å². The van der Waals surface area contributed by atoms with E-state index in [1.807, 2.05) is 0 Å². The molecular weight excluding hydrogens is 191 g/mol. The lowest BCUT2D eigenvalue weighted by Crippen LogP contribution is -2.06. The fraction of sp³-hybridized carbons (Fsp3) is 0.400. The zero-order chi connectivity index (χ0) is 10.3. The van der Waals surface area contributed by atoms with Gasteiger partial charge in [-0.15, -0.1) is 0 Å². The predicted octanol–water partition coefficient (Wildman–Crippen LogP) is 2.71. The van der Waals surface area contributed by atoms with Crippen LogP contribution in [0, 0.1) is 5.82 Å². The predicted molar refractivity (Wildman–Crippen MR) is 46.6 cm³/mol. The van der Waals surface area contributed by atoms with E-state index in [1.165, 1.54) is 6.07 Å². The van der Waals surface area contributed by atoms with Gasteiger partial charge in [0.2, 0.25) is 0 Å². The number of nitrogens with two attached hydrogens (primary N) is 1. The summed E-state index contributed by atoms with van der Waals surface area (Å²) in [5.74, 6) is -0.851. The Morgan fingerprint density at radius 2 is 2.07 bits per heavy atom. The number of alkyl halides is 2. The molecule has 1 nitrogen and oxygen atoms in total. The van der Waals surface area contributed by atoms with Crippen molar-refractivity contribution in [2.24, 2.45) is 5.73 Å². The summed E-state index contributed by atoms with van der Waals surface area (Å²) >= 11 is 0. The molecule has 14 heavy (non-hydrogen) atoms. The molecule has 2 N–H and O–H groups in total. The van der Waals surface area contributed by atoms with E-state index in [0.29, 0.717) is 18.4 Å². The van der Waals surface area contributed by atoms with Crippen molar-refractivity contribution < 1.29 is 13.2 Å². The van der Waals surface area contributed by atoms with Gasteiger partial charge < -0.3 is 5.73 Å². The third-order valence-electron chi connectivity index (χ3n) is 2.62. The quantitative estimate of drug-likeness (QED) is 0.742. The highest BCUT2D eigenvalue weighted by Crippen LogP contribution is 2.33. The fourth-order valence-electron chi connectivity index (χ4n) is 1.85. The first-order valence-corrected chi connectivity index (χ1v) is 4.45. The molecule has 4 heteroatoms. The van der Waals surface area contributed by atoms with Crippen molar-refractivity contribution in [3.8, 4) is 0 Å². The van der Waals surface area contributed by atoms with Crippen LogP contribution in [-0.2, 0) is 6.42 Å². The van der Waals surface area contributed by atoms with Gasteiger partial charge in [-0.2, -0.15) is 0 Å². The van der Waals surface area contributed by atoms with Crippen LogP contribution in [0.2, 0.25) is 0 Å². The number of hydrogen-bond acceptors (Lipinski definition) is 1. The molecule has 1 aromatic rings. The van der Waals surface area contributed by atoms with Crippen LogP contribution in [0.5, 0.6) is 0 Å². The highest BCUT2D eigenvalue weighted by Gasteiger charge is 2.23. The van der Waals surface area contributed by atoms with Crippen LogP contribution >= 0.6 is 0 Å². The van der Waals surface area contributed by atoms with Gasteiger partial charge >= 0.3 is 0 Å². The van der Waals surface area contributed by atoms with Gasteiger partial charge in [-0.3, -0.25) is 0 Å². The van der Waals surface area contributed by atoms with E-state index in [9.17, 15) is 13.2 Å². The molecule has 2 rings (SSSR count). The molecule has 0 aromatic heterocycles. The first-order chi connectivity index (χ1) is 6.59. The van der Waals surface area contributed by atoms with Crippen LogP contribution in [0.1, 0.15) is 35.6 Å². The fourth-order valence-corrected chi connectivity index (χ4v) is 1.85. The van der Waals surface area contributed by atoms with E-state index >= 15 is 0 Å². The van der Waals surface area contributed by atoms with Gasteiger partial charge in [0.05, 0.1) is 5.56 Å². The van der Waals surface area contributed by atoms with Crippen LogP contribution in [0.25, 0.3) is 0 Å². The van der Waals surface area contributed by atoms with Crippen molar-refractivity contribution in [1.82, 2.24) is 0 Å². The van der Waals surface area contributed by atoms with E-state index in [0.717, 1.165) is 11.6 Å². The van der Waals surface area contributed by atoms with Gasteiger partial charge in [-0.25, -0.2) is 13.2 Å². The standard InChI is InChI=1S/C10H10F3N/c11-8-4-6-5(1-2-9(6)14)3-7(8)10(12)13/h3-4,9-10H,1-2,14H2/t9-/m1/s1. The van der Waals surface area contributed by atoms with Gasteiger partial charge in [-0.1, -0.05) is 0 Å². The number of fused-ring (bicyclic) bond motifs is 1. The highest BCUT2D eigenvalue weighted by molar-refractivity contribution is 5.39. The van der Waals surface area contributed by atoms with Crippen molar-refractivity contribution >= 4 is 0 Å². The minimum Gasteiger partial charge on any atom is -0.324 e. The molecule has 0 unspecified atom stereocenters. The van der Waals surface area contributed by atoms with Crippen LogP contribution in [-0.4, -0.2) is 0 Å². The molecule has 0 heterocycles. The van der Waals surface area contributed by atoms with Gasteiger partial charge in [0.1, 0.15) is 5.82 Å². The summed E-state index contributed by atoms with van der Waals surface area (Å²) in [4.78, 5) is 0. The largest absolute Gasteiger partial charge is 0.324 e. The molecule has 0 amide bonds. The second-order valence-electron chi connectivity index (χ2n) is 3.52. The molecular formula is C10H10F3N. The summed E-state index contributed by atoms with van der Waals surface area (Å²) < 4.78 is 37.8. The van der Waals surface area contributed by atoms with Crippen molar-refractivity contribution in [1.29, 1.82) is 0 Å². The van der Waals surface area contributed by atoms with E-state index in [1.54, 1.807) is 0 Å². The van der Waals surface area contributed by atoms with Gasteiger partial charge in [0.15, 0.2) is 0 Å². The van der Waals surface area contributed by atoms with Crippen molar-refractivity contribution in [3.05, 3.63) is 34.6 Å². The zero-order valence-corrected chi connectivity index (χ0v) is 7.43. The van der Waals surface area contributed by atoms with Crippen LogP contribution < -0.4 is 5.73 Å². The number of benzene rings is 1. The first kappa shape index (κ1) is 9.52. The third kappa shape index (κ3) is 1.39. The molecule has 0 aliphatic heterocycles. The van der Waals surface area contributed by atoms with E-state index in [-0.39, 0.29) is 6.04 Å².